The molecule has 0 aromatic heterocycles. The van der Waals surface area contributed by atoms with Crippen LogP contribution in [0.25, 0.3) is 0 Å². The van der Waals surface area contributed by atoms with Gasteiger partial charge < -0.3 is 10.6 Å². The summed E-state index contributed by atoms with van der Waals surface area (Å²) in [6.07, 6.45) is -0.170. The summed E-state index contributed by atoms with van der Waals surface area (Å²) < 4.78 is 38.7. The van der Waals surface area contributed by atoms with Crippen molar-refractivity contribution in [2.45, 2.75) is 44.4 Å². The van der Waals surface area contributed by atoms with E-state index in [1.807, 2.05) is 48.5 Å². The standard InChI is InChI=1S/C30H29F3N2O3/c1-21(36)12-18-26(19-13-22-8-4-2-5-9-22)34-29(38)27(20-23-10-6-3-7-11-23)35-28(37)24-14-16-25(17-15-24)30(31,32)33/h2-12,14-18,26-27H,13,19-20H2,1H3,(H,34,38)(H,35,37)/b18-12+/t26-,27+/m1/s1. The minimum atomic E-state index is -4.52. The number of nitrogens with one attached hydrogen (secondary N) is 2. The zero-order valence-corrected chi connectivity index (χ0v) is 20.9. The molecular weight excluding hydrogens is 493 g/mol. The van der Waals surface area contributed by atoms with Crippen LogP contribution >= 0.6 is 0 Å². The van der Waals surface area contributed by atoms with Gasteiger partial charge in [0.15, 0.2) is 5.78 Å². The van der Waals surface area contributed by atoms with E-state index in [2.05, 4.69) is 10.6 Å². The van der Waals surface area contributed by atoms with Crippen LogP contribution in [0.15, 0.2) is 97.1 Å². The van der Waals surface area contributed by atoms with E-state index in [-0.39, 0.29) is 17.8 Å². The molecule has 0 bridgehead atoms. The molecule has 0 saturated carbocycles. The van der Waals surface area contributed by atoms with Gasteiger partial charge in [-0.2, -0.15) is 13.2 Å². The number of benzene rings is 3. The van der Waals surface area contributed by atoms with Crippen LogP contribution in [0.3, 0.4) is 0 Å². The van der Waals surface area contributed by atoms with Crippen LogP contribution in [0.5, 0.6) is 0 Å². The predicted octanol–water partition coefficient (Wildman–Crippen LogP) is 5.31. The Balaban J connectivity index is 1.77. The molecule has 3 aromatic carbocycles. The first-order chi connectivity index (χ1) is 18.1. The third-order valence-electron chi connectivity index (χ3n) is 5.86. The molecule has 2 atom stereocenters. The second kappa shape index (κ2) is 13.4. The van der Waals surface area contributed by atoms with E-state index in [0.717, 1.165) is 35.4 Å². The van der Waals surface area contributed by atoms with Crippen molar-refractivity contribution in [1.29, 1.82) is 0 Å². The highest BCUT2D eigenvalue weighted by Gasteiger charge is 2.30. The van der Waals surface area contributed by atoms with E-state index >= 15 is 0 Å². The Morgan fingerprint density at radius 3 is 1.95 bits per heavy atom. The molecule has 3 rings (SSSR count). The van der Waals surface area contributed by atoms with Gasteiger partial charge in [-0.3, -0.25) is 14.4 Å². The number of ketones is 1. The van der Waals surface area contributed by atoms with Crippen LogP contribution in [0.2, 0.25) is 0 Å². The number of carbonyl (C=O) groups excluding carboxylic acids is 3. The van der Waals surface area contributed by atoms with Gasteiger partial charge in [0.25, 0.3) is 5.91 Å². The molecule has 2 amide bonds. The predicted molar refractivity (Wildman–Crippen MR) is 139 cm³/mol. The molecule has 0 heterocycles. The van der Waals surface area contributed by atoms with E-state index < -0.39 is 35.6 Å². The van der Waals surface area contributed by atoms with Gasteiger partial charge in [-0.1, -0.05) is 66.7 Å². The van der Waals surface area contributed by atoms with Gasteiger partial charge in [0.1, 0.15) is 6.04 Å². The zero-order valence-electron chi connectivity index (χ0n) is 20.9. The van der Waals surface area contributed by atoms with E-state index in [9.17, 15) is 27.6 Å². The Morgan fingerprint density at radius 2 is 1.39 bits per heavy atom. The van der Waals surface area contributed by atoms with E-state index in [1.165, 1.54) is 13.0 Å². The van der Waals surface area contributed by atoms with Gasteiger partial charge >= 0.3 is 6.18 Å². The van der Waals surface area contributed by atoms with Crippen molar-refractivity contribution in [3.63, 3.8) is 0 Å². The largest absolute Gasteiger partial charge is 0.416 e. The van der Waals surface area contributed by atoms with E-state index in [1.54, 1.807) is 18.2 Å². The summed E-state index contributed by atoms with van der Waals surface area (Å²) in [5.74, 6) is -1.31. The highest BCUT2D eigenvalue weighted by atomic mass is 19.4. The van der Waals surface area contributed by atoms with Crippen molar-refractivity contribution in [1.82, 2.24) is 10.6 Å². The maximum absolute atomic E-state index is 13.4. The van der Waals surface area contributed by atoms with Gasteiger partial charge in [0.2, 0.25) is 5.91 Å². The normalized spacial score (nSPS) is 13.1. The van der Waals surface area contributed by atoms with Crippen molar-refractivity contribution >= 4 is 17.6 Å². The molecule has 0 aliphatic heterocycles. The van der Waals surface area contributed by atoms with Gasteiger partial charge in [-0.25, -0.2) is 0 Å². The first-order valence-corrected chi connectivity index (χ1v) is 12.2. The Kier molecular flexibility index (Phi) is 9.99. The maximum Gasteiger partial charge on any atom is 0.416 e. The highest BCUT2D eigenvalue weighted by Crippen LogP contribution is 2.29. The van der Waals surface area contributed by atoms with Crippen LogP contribution < -0.4 is 10.6 Å². The molecular formula is C30H29F3N2O3. The van der Waals surface area contributed by atoms with Crippen LogP contribution in [0.4, 0.5) is 13.2 Å². The molecule has 3 aromatic rings. The molecule has 0 spiro atoms. The second-order valence-electron chi connectivity index (χ2n) is 8.90. The monoisotopic (exact) mass is 522 g/mol. The Bertz CT molecular complexity index is 1240. The Hall–Kier alpha value is -4.20. The number of hydrogen-bond acceptors (Lipinski definition) is 3. The Morgan fingerprint density at radius 1 is 0.816 bits per heavy atom. The molecule has 0 fully saturated rings. The topological polar surface area (TPSA) is 75.3 Å². The summed E-state index contributed by atoms with van der Waals surface area (Å²) in [5.41, 5.74) is 0.993. The fourth-order valence-electron chi connectivity index (χ4n) is 3.83. The summed E-state index contributed by atoms with van der Waals surface area (Å²) in [6, 6.07) is 21.1. The van der Waals surface area contributed by atoms with E-state index in [0.29, 0.717) is 12.8 Å². The van der Waals surface area contributed by atoms with Crippen molar-refractivity contribution < 1.29 is 27.6 Å². The summed E-state index contributed by atoms with van der Waals surface area (Å²) in [4.78, 5) is 37.8. The summed E-state index contributed by atoms with van der Waals surface area (Å²) >= 11 is 0. The maximum atomic E-state index is 13.4. The second-order valence-corrected chi connectivity index (χ2v) is 8.90. The Labute approximate surface area is 219 Å². The van der Waals surface area contributed by atoms with Crippen LogP contribution in [0.1, 0.15) is 40.4 Å². The quantitative estimate of drug-likeness (QED) is 0.335. The molecule has 5 nitrogen and oxygen atoms in total. The molecule has 198 valence electrons. The average Bonchev–Trinajstić information content (AvgIpc) is 2.90. The van der Waals surface area contributed by atoms with Gasteiger partial charge in [-0.05, 0) is 61.2 Å². The lowest BCUT2D eigenvalue weighted by Crippen LogP contribution is -2.50. The SMILES string of the molecule is CC(=O)/C=C/[C@H](CCc1ccccc1)NC(=O)[C@H](Cc1ccccc1)NC(=O)c1ccc(C(F)(F)F)cc1. The van der Waals surface area contributed by atoms with Crippen LogP contribution in [-0.4, -0.2) is 29.7 Å². The molecule has 0 aliphatic rings. The summed E-state index contributed by atoms with van der Waals surface area (Å²) in [7, 11) is 0. The first-order valence-electron chi connectivity index (χ1n) is 12.2. The van der Waals surface area contributed by atoms with Gasteiger partial charge in [-0.15, -0.1) is 0 Å². The number of amides is 2. The fourth-order valence-corrected chi connectivity index (χ4v) is 3.83. The number of allylic oxidation sites excluding steroid dienone is 1. The van der Waals surface area contributed by atoms with Crippen molar-refractivity contribution in [2.75, 3.05) is 0 Å². The molecule has 0 saturated heterocycles. The molecule has 38 heavy (non-hydrogen) atoms. The van der Waals surface area contributed by atoms with E-state index in [4.69, 9.17) is 0 Å². The third kappa shape index (κ3) is 9.03. The highest BCUT2D eigenvalue weighted by molar-refractivity contribution is 5.97. The van der Waals surface area contributed by atoms with Crippen molar-refractivity contribution in [2.24, 2.45) is 0 Å². The van der Waals surface area contributed by atoms with Crippen molar-refractivity contribution in [3.8, 4) is 0 Å². The lowest BCUT2D eigenvalue weighted by Gasteiger charge is -2.22. The minimum Gasteiger partial charge on any atom is -0.348 e. The summed E-state index contributed by atoms with van der Waals surface area (Å²) in [5, 5.41) is 5.57. The summed E-state index contributed by atoms with van der Waals surface area (Å²) in [6.45, 7) is 1.41. The van der Waals surface area contributed by atoms with Crippen LogP contribution in [-0.2, 0) is 28.6 Å². The number of alkyl halides is 3. The van der Waals surface area contributed by atoms with Gasteiger partial charge in [0, 0.05) is 18.0 Å². The lowest BCUT2D eigenvalue weighted by atomic mass is 10.0. The molecule has 8 heteroatoms. The third-order valence-corrected chi connectivity index (χ3v) is 5.86. The number of carbonyl (C=O) groups is 3. The number of hydrogen-bond donors (Lipinski definition) is 2. The zero-order chi connectivity index (χ0) is 27.5. The molecule has 2 N–H and O–H groups in total. The molecule has 0 radical (unpaired) electrons. The molecule has 0 aliphatic carbocycles. The average molecular weight is 523 g/mol. The smallest absolute Gasteiger partial charge is 0.348 e. The number of aryl methyl sites for hydroxylation is 1. The van der Waals surface area contributed by atoms with Crippen LogP contribution in [0, 0.1) is 0 Å². The first kappa shape index (κ1) is 28.4. The van der Waals surface area contributed by atoms with Gasteiger partial charge in [0.05, 0.1) is 5.56 Å². The lowest BCUT2D eigenvalue weighted by molar-refractivity contribution is -0.137. The molecule has 0 unspecified atom stereocenters. The minimum absolute atomic E-state index is 0.000893. The fraction of sp³-hybridized carbons (Fsp3) is 0.233. The van der Waals surface area contributed by atoms with Crippen molar-refractivity contribution in [3.05, 3.63) is 119 Å². The number of rotatable bonds is 11. The number of halogens is 3.